The predicted molar refractivity (Wildman–Crippen MR) is 98.6 cm³/mol. The van der Waals surface area contributed by atoms with Crippen molar-refractivity contribution in [3.05, 3.63) is 29.8 Å². The Labute approximate surface area is 154 Å². The van der Waals surface area contributed by atoms with Crippen LogP contribution in [0, 0.1) is 17.6 Å². The molecule has 0 radical (unpaired) electrons. The highest BCUT2D eigenvalue weighted by Crippen LogP contribution is 2.19. The van der Waals surface area contributed by atoms with Crippen LogP contribution in [0.3, 0.4) is 0 Å². The number of benzene rings is 1. The summed E-state index contributed by atoms with van der Waals surface area (Å²) in [6.45, 7) is 6.05. The van der Waals surface area contributed by atoms with E-state index in [-0.39, 0.29) is 12.4 Å². The van der Waals surface area contributed by atoms with Crippen molar-refractivity contribution in [1.82, 2.24) is 10.2 Å². The summed E-state index contributed by atoms with van der Waals surface area (Å²) in [6, 6.07) is 3.28. The lowest BCUT2D eigenvalue weighted by Crippen LogP contribution is -2.40. The monoisotopic (exact) mass is 369 g/mol. The van der Waals surface area contributed by atoms with Crippen LogP contribution in [0.1, 0.15) is 26.2 Å². The highest BCUT2D eigenvalue weighted by atomic mass is 19.1. The van der Waals surface area contributed by atoms with Gasteiger partial charge in [-0.05, 0) is 44.2 Å². The molecule has 2 rings (SSSR count). The fourth-order valence-electron chi connectivity index (χ4n) is 2.89. The van der Waals surface area contributed by atoms with Crippen LogP contribution in [0.4, 0.5) is 8.78 Å². The molecule has 0 unspecified atom stereocenters. The Hall–Kier alpha value is -1.89. The molecule has 1 aliphatic rings. The number of hydrogen-bond donors (Lipinski definition) is 1. The fourth-order valence-corrected chi connectivity index (χ4v) is 2.89. The normalized spacial score (nSPS) is 15.8. The topological polar surface area (TPSA) is 46.1 Å². The molecular weight excluding hydrogens is 340 g/mol. The summed E-state index contributed by atoms with van der Waals surface area (Å²) in [6.07, 6.45) is 3.36. The van der Waals surface area contributed by atoms with Crippen LogP contribution in [0.2, 0.25) is 0 Å². The first-order valence-corrected chi connectivity index (χ1v) is 9.25. The molecule has 0 amide bonds. The quantitative estimate of drug-likeness (QED) is 0.435. The summed E-state index contributed by atoms with van der Waals surface area (Å²) in [5.74, 6) is 0.240. The molecule has 0 spiro atoms. The number of aliphatic imine (C=N–C) groups is 1. The van der Waals surface area contributed by atoms with Crippen LogP contribution < -0.4 is 10.1 Å². The maximum absolute atomic E-state index is 13.5. The summed E-state index contributed by atoms with van der Waals surface area (Å²) in [5.41, 5.74) is 0. The van der Waals surface area contributed by atoms with Crippen LogP contribution in [0.15, 0.2) is 23.2 Å². The number of guanidine groups is 1. The maximum Gasteiger partial charge on any atom is 0.193 e. The minimum Gasteiger partial charge on any atom is -0.489 e. The Bertz CT molecular complexity index is 578. The molecule has 1 aromatic carbocycles. The van der Waals surface area contributed by atoms with Crippen molar-refractivity contribution in [1.29, 1.82) is 0 Å². The first-order valence-electron chi connectivity index (χ1n) is 9.25. The zero-order chi connectivity index (χ0) is 18.8. The molecule has 0 bridgehead atoms. The first-order chi connectivity index (χ1) is 12.6. The molecule has 146 valence electrons. The van der Waals surface area contributed by atoms with E-state index in [2.05, 4.69) is 15.2 Å². The lowest BCUT2D eigenvalue weighted by atomic mass is 9.96. The first kappa shape index (κ1) is 20.4. The van der Waals surface area contributed by atoms with Gasteiger partial charge in [-0.2, -0.15) is 0 Å². The van der Waals surface area contributed by atoms with Crippen molar-refractivity contribution in [2.45, 2.75) is 26.2 Å². The van der Waals surface area contributed by atoms with Crippen molar-refractivity contribution in [2.75, 3.05) is 46.5 Å². The van der Waals surface area contributed by atoms with E-state index in [1.54, 1.807) is 0 Å². The molecule has 1 aromatic rings. The second-order valence-corrected chi connectivity index (χ2v) is 6.42. The number of rotatable bonds is 8. The average Bonchev–Trinajstić information content (AvgIpc) is 2.64. The highest BCUT2D eigenvalue weighted by molar-refractivity contribution is 5.79. The van der Waals surface area contributed by atoms with Gasteiger partial charge in [-0.15, -0.1) is 0 Å². The Kier molecular flexibility index (Phi) is 8.61. The molecule has 0 saturated carbocycles. The second kappa shape index (κ2) is 11.0. The van der Waals surface area contributed by atoms with Gasteiger partial charge in [-0.1, -0.05) is 0 Å². The molecule has 5 nitrogen and oxygen atoms in total. The Balaban J connectivity index is 1.78. The zero-order valence-electron chi connectivity index (χ0n) is 15.6. The zero-order valence-corrected chi connectivity index (χ0v) is 15.6. The molecule has 0 aromatic heterocycles. The largest absolute Gasteiger partial charge is 0.489 e. The number of nitrogens with one attached hydrogen (secondary N) is 1. The number of halogens is 2. The number of ether oxygens (including phenoxy) is 2. The molecule has 1 aliphatic heterocycles. The molecule has 1 saturated heterocycles. The van der Waals surface area contributed by atoms with Crippen LogP contribution in [-0.4, -0.2) is 57.4 Å². The van der Waals surface area contributed by atoms with Crippen LogP contribution in [0.25, 0.3) is 0 Å². The standard InChI is InChI=1S/C19H29F2N3O2/c1-3-22-19(24(2)10-6-15-7-11-25-12-8-15)23-9-13-26-18-5-4-16(20)14-17(18)21/h4-5,14-15H,3,6-13H2,1-2H3,(H,22,23). The molecule has 7 heteroatoms. The van der Waals surface area contributed by atoms with Gasteiger partial charge in [-0.25, -0.2) is 13.8 Å². The van der Waals surface area contributed by atoms with Gasteiger partial charge in [0.05, 0.1) is 6.54 Å². The average molecular weight is 369 g/mol. The third-order valence-corrected chi connectivity index (χ3v) is 4.41. The van der Waals surface area contributed by atoms with Crippen LogP contribution >= 0.6 is 0 Å². The van der Waals surface area contributed by atoms with E-state index in [1.807, 2.05) is 14.0 Å². The Morgan fingerprint density at radius 3 is 2.81 bits per heavy atom. The summed E-state index contributed by atoms with van der Waals surface area (Å²) < 4.78 is 37.2. The van der Waals surface area contributed by atoms with E-state index in [9.17, 15) is 8.78 Å². The van der Waals surface area contributed by atoms with Gasteiger partial charge in [0.2, 0.25) is 0 Å². The predicted octanol–water partition coefficient (Wildman–Crippen LogP) is 3.06. The molecule has 26 heavy (non-hydrogen) atoms. The van der Waals surface area contributed by atoms with Crippen LogP contribution in [-0.2, 0) is 4.74 Å². The van der Waals surface area contributed by atoms with Crippen molar-refractivity contribution in [3.63, 3.8) is 0 Å². The van der Waals surface area contributed by atoms with Gasteiger partial charge in [0.1, 0.15) is 12.4 Å². The molecule has 0 atom stereocenters. The minimum atomic E-state index is -0.700. The molecular formula is C19H29F2N3O2. The third kappa shape index (κ3) is 6.78. The second-order valence-electron chi connectivity index (χ2n) is 6.42. The summed E-state index contributed by atoms with van der Waals surface area (Å²) in [4.78, 5) is 6.63. The summed E-state index contributed by atoms with van der Waals surface area (Å²) in [5, 5.41) is 3.26. The van der Waals surface area contributed by atoms with Crippen LogP contribution in [0.5, 0.6) is 5.75 Å². The van der Waals surface area contributed by atoms with Crippen molar-refractivity contribution in [3.8, 4) is 5.75 Å². The van der Waals surface area contributed by atoms with E-state index in [0.29, 0.717) is 12.5 Å². The van der Waals surface area contributed by atoms with Gasteiger partial charge >= 0.3 is 0 Å². The Morgan fingerprint density at radius 2 is 2.12 bits per heavy atom. The molecule has 1 heterocycles. The highest BCUT2D eigenvalue weighted by Gasteiger charge is 2.15. The van der Waals surface area contributed by atoms with Gasteiger partial charge < -0.3 is 19.7 Å². The maximum atomic E-state index is 13.5. The lowest BCUT2D eigenvalue weighted by molar-refractivity contribution is 0.0625. The summed E-state index contributed by atoms with van der Waals surface area (Å²) in [7, 11) is 2.02. The van der Waals surface area contributed by atoms with Crippen molar-refractivity contribution < 1.29 is 18.3 Å². The smallest absolute Gasteiger partial charge is 0.193 e. The Morgan fingerprint density at radius 1 is 1.35 bits per heavy atom. The summed E-state index contributed by atoms with van der Waals surface area (Å²) >= 11 is 0. The van der Waals surface area contributed by atoms with E-state index >= 15 is 0 Å². The lowest BCUT2D eigenvalue weighted by Gasteiger charge is -2.26. The van der Waals surface area contributed by atoms with Gasteiger partial charge in [-0.3, -0.25) is 0 Å². The SMILES string of the molecule is CCNC(=NCCOc1ccc(F)cc1F)N(C)CCC1CCOCC1. The van der Waals surface area contributed by atoms with Gasteiger partial charge in [0.25, 0.3) is 0 Å². The van der Waals surface area contributed by atoms with E-state index in [4.69, 9.17) is 9.47 Å². The molecule has 1 fully saturated rings. The van der Waals surface area contributed by atoms with E-state index in [1.165, 1.54) is 12.1 Å². The number of hydrogen-bond acceptors (Lipinski definition) is 3. The van der Waals surface area contributed by atoms with E-state index in [0.717, 1.165) is 57.6 Å². The van der Waals surface area contributed by atoms with Crippen molar-refractivity contribution in [2.24, 2.45) is 10.9 Å². The van der Waals surface area contributed by atoms with E-state index < -0.39 is 11.6 Å². The number of nitrogens with zero attached hydrogens (tertiary/aromatic N) is 2. The third-order valence-electron chi connectivity index (χ3n) is 4.41. The minimum absolute atomic E-state index is 0.0412. The molecule has 0 aliphatic carbocycles. The van der Waals surface area contributed by atoms with Gasteiger partial charge in [0.15, 0.2) is 17.5 Å². The molecule has 1 N–H and O–H groups in total. The van der Waals surface area contributed by atoms with Gasteiger partial charge in [0, 0.05) is 39.4 Å². The van der Waals surface area contributed by atoms with Crippen molar-refractivity contribution >= 4 is 5.96 Å². The fraction of sp³-hybridized carbons (Fsp3) is 0.632.